The van der Waals surface area contributed by atoms with Crippen molar-refractivity contribution in [3.05, 3.63) is 36.7 Å². The molecule has 1 fully saturated rings. The highest BCUT2D eigenvalue weighted by Crippen LogP contribution is 2.29. The van der Waals surface area contributed by atoms with Crippen molar-refractivity contribution in [3.8, 4) is 0 Å². The molecule has 1 saturated heterocycles. The van der Waals surface area contributed by atoms with Crippen LogP contribution in [0.3, 0.4) is 0 Å². The van der Waals surface area contributed by atoms with E-state index in [2.05, 4.69) is 28.1 Å². The van der Waals surface area contributed by atoms with Gasteiger partial charge in [0.25, 0.3) is 0 Å². The number of amides is 1. The average molecular weight is 255 g/mol. The molecular formula is C15H17N3O. The van der Waals surface area contributed by atoms with Crippen molar-refractivity contribution in [2.45, 2.75) is 12.8 Å². The molecule has 1 aliphatic heterocycles. The lowest BCUT2D eigenvalue weighted by molar-refractivity contribution is -0.122. The Morgan fingerprint density at radius 1 is 1.26 bits per heavy atom. The van der Waals surface area contributed by atoms with E-state index in [1.165, 1.54) is 16.5 Å². The van der Waals surface area contributed by atoms with E-state index >= 15 is 0 Å². The third-order valence-corrected chi connectivity index (χ3v) is 3.90. The van der Waals surface area contributed by atoms with Gasteiger partial charge in [-0.2, -0.15) is 0 Å². The van der Waals surface area contributed by atoms with Gasteiger partial charge in [0.15, 0.2) is 0 Å². The molecule has 1 aliphatic rings. The number of piperidine rings is 1. The Morgan fingerprint density at radius 3 is 2.79 bits per heavy atom. The molecule has 0 bridgehead atoms. The summed E-state index contributed by atoms with van der Waals surface area (Å²) in [5.41, 5.74) is 6.58. The molecule has 3 rings (SSSR count). The summed E-state index contributed by atoms with van der Waals surface area (Å²) < 4.78 is 0. The molecule has 0 radical (unpaired) electrons. The number of benzene rings is 1. The van der Waals surface area contributed by atoms with Gasteiger partial charge in [-0.25, -0.2) is 0 Å². The summed E-state index contributed by atoms with van der Waals surface area (Å²) in [5.74, 6) is -0.136. The molecule has 4 heteroatoms. The normalized spacial score (nSPS) is 16.7. The number of fused-ring (bicyclic) bond motifs is 1. The molecule has 4 nitrogen and oxygen atoms in total. The Labute approximate surface area is 112 Å². The molecule has 2 aromatic rings. The Balaban J connectivity index is 1.88. The zero-order valence-electron chi connectivity index (χ0n) is 10.7. The molecule has 1 amide bonds. The number of hydrogen-bond donors (Lipinski definition) is 1. The van der Waals surface area contributed by atoms with E-state index in [1.54, 1.807) is 0 Å². The van der Waals surface area contributed by atoms with Gasteiger partial charge in [-0.05, 0) is 30.4 Å². The zero-order valence-corrected chi connectivity index (χ0v) is 10.7. The monoisotopic (exact) mass is 255 g/mol. The Bertz CT molecular complexity index is 598. The first-order valence-electron chi connectivity index (χ1n) is 6.63. The molecule has 0 atom stereocenters. The molecule has 98 valence electrons. The number of carbonyl (C=O) groups excluding carboxylic acids is 1. The van der Waals surface area contributed by atoms with E-state index in [0.29, 0.717) is 0 Å². The lowest BCUT2D eigenvalue weighted by Crippen LogP contribution is -2.38. The third-order valence-electron chi connectivity index (χ3n) is 3.90. The highest BCUT2D eigenvalue weighted by molar-refractivity contribution is 5.93. The first-order chi connectivity index (χ1) is 9.25. The Morgan fingerprint density at radius 2 is 2.05 bits per heavy atom. The number of rotatable bonds is 2. The van der Waals surface area contributed by atoms with Crippen LogP contribution in [0.1, 0.15) is 12.8 Å². The lowest BCUT2D eigenvalue weighted by atomic mass is 9.95. The lowest BCUT2D eigenvalue weighted by Gasteiger charge is -2.33. The SMILES string of the molecule is NC(=O)C1CCN(c2cccc3ccncc23)CC1. The number of nitrogens with two attached hydrogens (primary N) is 1. The van der Waals surface area contributed by atoms with Gasteiger partial charge >= 0.3 is 0 Å². The number of pyridine rings is 1. The first-order valence-corrected chi connectivity index (χ1v) is 6.63. The highest BCUT2D eigenvalue weighted by Gasteiger charge is 2.23. The summed E-state index contributed by atoms with van der Waals surface area (Å²) in [7, 11) is 0. The Hall–Kier alpha value is -2.10. The minimum Gasteiger partial charge on any atom is -0.371 e. The van der Waals surface area contributed by atoms with Gasteiger partial charge in [-0.3, -0.25) is 9.78 Å². The fourth-order valence-electron chi connectivity index (χ4n) is 2.78. The number of hydrogen-bond acceptors (Lipinski definition) is 3. The van der Waals surface area contributed by atoms with Gasteiger partial charge in [0.2, 0.25) is 5.91 Å². The fourth-order valence-corrected chi connectivity index (χ4v) is 2.78. The molecule has 0 aliphatic carbocycles. The fraction of sp³-hybridized carbons (Fsp3) is 0.333. The number of carbonyl (C=O) groups is 1. The van der Waals surface area contributed by atoms with Crippen LogP contribution >= 0.6 is 0 Å². The van der Waals surface area contributed by atoms with Gasteiger partial charge < -0.3 is 10.6 Å². The average Bonchev–Trinajstić information content (AvgIpc) is 2.47. The highest BCUT2D eigenvalue weighted by atomic mass is 16.1. The number of anilines is 1. The van der Waals surface area contributed by atoms with E-state index in [9.17, 15) is 4.79 Å². The van der Waals surface area contributed by atoms with Crippen LogP contribution < -0.4 is 10.6 Å². The standard InChI is InChI=1S/C15H17N3O/c16-15(19)12-5-8-18(9-6-12)14-3-1-2-11-4-7-17-10-13(11)14/h1-4,7,10,12H,5-6,8-9H2,(H2,16,19). The van der Waals surface area contributed by atoms with Crippen molar-refractivity contribution in [2.24, 2.45) is 11.7 Å². The summed E-state index contributed by atoms with van der Waals surface area (Å²) in [6.07, 6.45) is 5.40. The minimum atomic E-state index is -0.167. The van der Waals surface area contributed by atoms with Gasteiger partial charge in [-0.1, -0.05) is 12.1 Å². The summed E-state index contributed by atoms with van der Waals surface area (Å²) in [5, 5.41) is 2.37. The maximum atomic E-state index is 11.2. The van der Waals surface area contributed by atoms with E-state index < -0.39 is 0 Å². The molecule has 2 N–H and O–H groups in total. The number of nitrogens with zero attached hydrogens (tertiary/aromatic N) is 2. The predicted octanol–water partition coefficient (Wildman–Crippen LogP) is 1.94. The Kier molecular flexibility index (Phi) is 3.07. The smallest absolute Gasteiger partial charge is 0.220 e. The van der Waals surface area contributed by atoms with Crippen LogP contribution in [0.5, 0.6) is 0 Å². The van der Waals surface area contributed by atoms with Gasteiger partial charge in [-0.15, -0.1) is 0 Å². The van der Waals surface area contributed by atoms with Crippen LogP contribution in [0, 0.1) is 5.92 Å². The topological polar surface area (TPSA) is 59.2 Å². The maximum Gasteiger partial charge on any atom is 0.220 e. The number of primary amides is 1. The molecule has 19 heavy (non-hydrogen) atoms. The van der Waals surface area contributed by atoms with Crippen molar-refractivity contribution in [3.63, 3.8) is 0 Å². The van der Waals surface area contributed by atoms with Crippen molar-refractivity contribution in [1.82, 2.24) is 4.98 Å². The molecule has 0 saturated carbocycles. The van der Waals surface area contributed by atoms with Crippen LogP contribution in [0.4, 0.5) is 5.69 Å². The van der Waals surface area contributed by atoms with E-state index in [-0.39, 0.29) is 11.8 Å². The summed E-state index contributed by atoms with van der Waals surface area (Å²) in [6.45, 7) is 1.75. The van der Waals surface area contributed by atoms with E-state index in [4.69, 9.17) is 5.73 Å². The molecule has 1 aromatic carbocycles. The van der Waals surface area contributed by atoms with Crippen molar-refractivity contribution in [2.75, 3.05) is 18.0 Å². The van der Waals surface area contributed by atoms with Crippen LogP contribution in [0.25, 0.3) is 10.8 Å². The predicted molar refractivity (Wildman–Crippen MR) is 75.9 cm³/mol. The second-order valence-electron chi connectivity index (χ2n) is 5.04. The molecule has 1 aromatic heterocycles. The summed E-state index contributed by atoms with van der Waals surface area (Å²) in [6, 6.07) is 8.30. The summed E-state index contributed by atoms with van der Waals surface area (Å²) in [4.78, 5) is 17.7. The van der Waals surface area contributed by atoms with Crippen LogP contribution in [0.15, 0.2) is 36.7 Å². The van der Waals surface area contributed by atoms with E-state index in [0.717, 1.165) is 25.9 Å². The van der Waals surface area contributed by atoms with Crippen molar-refractivity contribution >= 4 is 22.4 Å². The second kappa shape index (κ2) is 4.88. The van der Waals surface area contributed by atoms with Crippen LogP contribution in [-0.4, -0.2) is 24.0 Å². The number of aromatic nitrogens is 1. The molecule has 0 spiro atoms. The third kappa shape index (κ3) is 2.26. The summed E-state index contributed by atoms with van der Waals surface area (Å²) >= 11 is 0. The van der Waals surface area contributed by atoms with Crippen LogP contribution in [0.2, 0.25) is 0 Å². The first kappa shape index (κ1) is 12.0. The minimum absolute atomic E-state index is 0.0318. The second-order valence-corrected chi connectivity index (χ2v) is 5.04. The van der Waals surface area contributed by atoms with Crippen molar-refractivity contribution < 1.29 is 4.79 Å². The van der Waals surface area contributed by atoms with Gasteiger partial charge in [0.05, 0.1) is 0 Å². The molecule has 2 heterocycles. The maximum absolute atomic E-state index is 11.2. The molecule has 0 unspecified atom stereocenters. The van der Waals surface area contributed by atoms with Gasteiger partial charge in [0.1, 0.15) is 0 Å². The van der Waals surface area contributed by atoms with Crippen LogP contribution in [-0.2, 0) is 4.79 Å². The quantitative estimate of drug-likeness (QED) is 0.892. The molecular weight excluding hydrogens is 238 g/mol. The zero-order chi connectivity index (χ0) is 13.2. The van der Waals surface area contributed by atoms with Gasteiger partial charge in [0, 0.05) is 42.5 Å². The largest absolute Gasteiger partial charge is 0.371 e. The van der Waals surface area contributed by atoms with Crippen molar-refractivity contribution in [1.29, 1.82) is 0 Å². The van der Waals surface area contributed by atoms with E-state index in [1.807, 2.05) is 18.5 Å².